The van der Waals surface area contributed by atoms with Crippen LogP contribution in [0.15, 0.2) is 0 Å². The van der Waals surface area contributed by atoms with Crippen LogP contribution in [0, 0.1) is 5.92 Å². The van der Waals surface area contributed by atoms with Crippen molar-refractivity contribution in [2.45, 2.75) is 45.8 Å². The fourth-order valence-electron chi connectivity index (χ4n) is 2.41. The molecule has 2 amide bonds. The van der Waals surface area contributed by atoms with Crippen LogP contribution in [0.25, 0.3) is 0 Å². The Morgan fingerprint density at radius 3 is 2.76 bits per heavy atom. The first-order valence-corrected chi connectivity index (χ1v) is 7.63. The van der Waals surface area contributed by atoms with Crippen LogP contribution in [0.3, 0.4) is 0 Å². The number of methoxy groups -OCH3 is 1. The van der Waals surface area contributed by atoms with Crippen molar-refractivity contribution in [2.75, 3.05) is 33.4 Å². The molecule has 0 aliphatic carbocycles. The average Bonchev–Trinajstić information content (AvgIpc) is 2.80. The fraction of sp³-hybridized carbons (Fsp3) is 0.867. The third-order valence-corrected chi connectivity index (χ3v) is 3.54. The molecule has 0 saturated carbocycles. The highest BCUT2D eigenvalue weighted by Crippen LogP contribution is 2.20. The van der Waals surface area contributed by atoms with Crippen LogP contribution in [0.1, 0.15) is 33.6 Å². The van der Waals surface area contributed by atoms with E-state index in [1.807, 2.05) is 20.8 Å². The van der Waals surface area contributed by atoms with Crippen LogP contribution in [0.4, 0.5) is 0 Å². The van der Waals surface area contributed by atoms with E-state index in [0.717, 1.165) is 6.42 Å². The molecule has 0 aromatic carbocycles. The van der Waals surface area contributed by atoms with E-state index < -0.39 is 0 Å². The molecule has 1 aliphatic heterocycles. The van der Waals surface area contributed by atoms with E-state index in [1.165, 1.54) is 0 Å². The first-order valence-electron chi connectivity index (χ1n) is 7.63. The highest BCUT2D eigenvalue weighted by molar-refractivity contribution is 5.89. The summed E-state index contributed by atoms with van der Waals surface area (Å²) in [4.78, 5) is 25.7. The smallest absolute Gasteiger partial charge is 0.225 e. The Morgan fingerprint density at radius 2 is 2.14 bits per heavy atom. The minimum atomic E-state index is -0.247. The van der Waals surface area contributed by atoms with E-state index in [-0.39, 0.29) is 29.9 Å². The number of hydrogen-bond donors (Lipinski definition) is 1. The third kappa shape index (κ3) is 6.01. The van der Waals surface area contributed by atoms with Gasteiger partial charge in [0.25, 0.3) is 0 Å². The molecule has 122 valence electrons. The Bertz CT molecular complexity index is 347. The molecule has 1 aliphatic rings. The number of nitrogens with one attached hydrogen (secondary N) is 1. The predicted molar refractivity (Wildman–Crippen MR) is 79.9 cm³/mol. The summed E-state index contributed by atoms with van der Waals surface area (Å²) in [7, 11) is 1.61. The largest absolute Gasteiger partial charge is 0.383 e. The molecule has 0 aromatic rings. The van der Waals surface area contributed by atoms with Crippen molar-refractivity contribution >= 4 is 11.8 Å². The molecule has 2 atom stereocenters. The molecule has 1 N–H and O–H groups in total. The molecule has 0 bridgehead atoms. The normalized spacial score (nSPS) is 20.1. The summed E-state index contributed by atoms with van der Waals surface area (Å²) in [6.07, 6.45) is 1.29. The quantitative estimate of drug-likeness (QED) is 0.640. The van der Waals surface area contributed by atoms with Gasteiger partial charge in [0.2, 0.25) is 11.8 Å². The Hall–Kier alpha value is -1.14. The molecule has 1 heterocycles. The summed E-state index contributed by atoms with van der Waals surface area (Å²) in [5.41, 5.74) is 0. The number of rotatable bonds is 9. The van der Waals surface area contributed by atoms with E-state index in [4.69, 9.17) is 9.47 Å². The second-order valence-corrected chi connectivity index (χ2v) is 5.82. The molecule has 6 heteroatoms. The van der Waals surface area contributed by atoms with Crippen molar-refractivity contribution in [3.63, 3.8) is 0 Å². The number of likely N-dealkylation sites (tertiary alicyclic amines) is 1. The van der Waals surface area contributed by atoms with E-state index in [0.29, 0.717) is 32.7 Å². The number of ether oxygens (including phenoxy) is 2. The summed E-state index contributed by atoms with van der Waals surface area (Å²) in [6, 6.07) is 0.0136. The Balaban J connectivity index is 2.28. The van der Waals surface area contributed by atoms with E-state index in [2.05, 4.69) is 5.32 Å². The van der Waals surface area contributed by atoms with Gasteiger partial charge < -0.3 is 19.7 Å². The van der Waals surface area contributed by atoms with Crippen LogP contribution in [-0.2, 0) is 19.1 Å². The van der Waals surface area contributed by atoms with Crippen LogP contribution in [0.5, 0.6) is 0 Å². The maximum atomic E-state index is 12.1. The standard InChI is InChI=1S/C15H28N2O4/c1-11(2)21-7-5-6-16-15(19)13-8-14(18)17(9-13)12(3)10-20-4/h11-13H,5-10H2,1-4H3,(H,16,19)/t12-,13+/m1/s1. The Kier molecular flexibility index (Phi) is 7.67. The van der Waals surface area contributed by atoms with Gasteiger partial charge in [-0.15, -0.1) is 0 Å². The lowest BCUT2D eigenvalue weighted by Crippen LogP contribution is -2.39. The second kappa shape index (κ2) is 9.00. The van der Waals surface area contributed by atoms with Crippen LogP contribution < -0.4 is 5.32 Å². The molecule has 0 aromatic heterocycles. The number of nitrogens with zero attached hydrogens (tertiary/aromatic N) is 1. The lowest BCUT2D eigenvalue weighted by atomic mass is 10.1. The Morgan fingerprint density at radius 1 is 1.43 bits per heavy atom. The molecule has 0 radical (unpaired) electrons. The van der Waals surface area contributed by atoms with Gasteiger partial charge in [-0.2, -0.15) is 0 Å². The van der Waals surface area contributed by atoms with Crippen molar-refractivity contribution in [3.05, 3.63) is 0 Å². The molecule has 1 fully saturated rings. The van der Waals surface area contributed by atoms with Crippen molar-refractivity contribution in [2.24, 2.45) is 5.92 Å². The number of carbonyl (C=O) groups is 2. The fourth-order valence-corrected chi connectivity index (χ4v) is 2.41. The Labute approximate surface area is 127 Å². The zero-order chi connectivity index (χ0) is 15.8. The minimum Gasteiger partial charge on any atom is -0.383 e. The number of hydrogen-bond acceptors (Lipinski definition) is 4. The predicted octanol–water partition coefficient (Wildman–Crippen LogP) is 0.801. The lowest BCUT2D eigenvalue weighted by Gasteiger charge is -2.23. The molecule has 0 unspecified atom stereocenters. The summed E-state index contributed by atoms with van der Waals surface area (Å²) in [5.74, 6) is -0.259. The van der Waals surface area contributed by atoms with Crippen molar-refractivity contribution in [1.29, 1.82) is 0 Å². The van der Waals surface area contributed by atoms with Crippen LogP contribution >= 0.6 is 0 Å². The van der Waals surface area contributed by atoms with Crippen molar-refractivity contribution in [3.8, 4) is 0 Å². The molecular weight excluding hydrogens is 272 g/mol. The summed E-state index contributed by atoms with van der Waals surface area (Å²) in [5, 5.41) is 2.88. The van der Waals surface area contributed by atoms with E-state index in [1.54, 1.807) is 12.0 Å². The van der Waals surface area contributed by atoms with Gasteiger partial charge in [-0.25, -0.2) is 0 Å². The molecule has 0 spiro atoms. The van der Waals surface area contributed by atoms with Crippen molar-refractivity contribution in [1.82, 2.24) is 10.2 Å². The maximum absolute atomic E-state index is 12.1. The van der Waals surface area contributed by atoms with Gasteiger partial charge >= 0.3 is 0 Å². The lowest BCUT2D eigenvalue weighted by molar-refractivity contribution is -0.130. The van der Waals surface area contributed by atoms with Gasteiger partial charge in [-0.05, 0) is 27.2 Å². The molecule has 6 nitrogen and oxygen atoms in total. The molecule has 21 heavy (non-hydrogen) atoms. The van der Waals surface area contributed by atoms with Crippen LogP contribution in [-0.4, -0.2) is 62.3 Å². The second-order valence-electron chi connectivity index (χ2n) is 5.82. The maximum Gasteiger partial charge on any atom is 0.225 e. The number of carbonyl (C=O) groups excluding carboxylic acids is 2. The van der Waals surface area contributed by atoms with Gasteiger partial charge in [0.05, 0.1) is 24.7 Å². The monoisotopic (exact) mass is 300 g/mol. The van der Waals surface area contributed by atoms with Gasteiger partial charge in [-0.3, -0.25) is 9.59 Å². The van der Waals surface area contributed by atoms with Crippen LogP contribution in [0.2, 0.25) is 0 Å². The molecule has 1 rings (SSSR count). The summed E-state index contributed by atoms with van der Waals surface area (Å²) in [6.45, 7) is 8.11. The average molecular weight is 300 g/mol. The van der Waals surface area contributed by atoms with E-state index >= 15 is 0 Å². The zero-order valence-electron chi connectivity index (χ0n) is 13.6. The van der Waals surface area contributed by atoms with Gasteiger partial charge in [-0.1, -0.05) is 0 Å². The number of amides is 2. The molecule has 1 saturated heterocycles. The highest BCUT2D eigenvalue weighted by atomic mass is 16.5. The van der Waals surface area contributed by atoms with Crippen molar-refractivity contribution < 1.29 is 19.1 Å². The van der Waals surface area contributed by atoms with Gasteiger partial charge in [0.1, 0.15) is 0 Å². The van der Waals surface area contributed by atoms with Gasteiger partial charge in [0.15, 0.2) is 0 Å². The first-order chi connectivity index (χ1) is 9.95. The third-order valence-electron chi connectivity index (χ3n) is 3.54. The minimum absolute atomic E-state index is 0.0136. The topological polar surface area (TPSA) is 67.9 Å². The SMILES string of the molecule is COC[C@@H](C)N1C[C@@H](C(=O)NCCCOC(C)C)CC1=O. The summed E-state index contributed by atoms with van der Waals surface area (Å²) < 4.78 is 10.5. The van der Waals surface area contributed by atoms with Gasteiger partial charge in [0, 0.05) is 33.2 Å². The van der Waals surface area contributed by atoms with E-state index in [9.17, 15) is 9.59 Å². The molecular formula is C15H28N2O4. The summed E-state index contributed by atoms with van der Waals surface area (Å²) >= 11 is 0. The first kappa shape index (κ1) is 17.9. The zero-order valence-corrected chi connectivity index (χ0v) is 13.6. The highest BCUT2D eigenvalue weighted by Gasteiger charge is 2.36.